The van der Waals surface area contributed by atoms with Crippen LogP contribution in [-0.4, -0.2) is 21.4 Å². The number of imidazole rings is 1. The molecule has 0 spiro atoms. The molecule has 1 heterocycles. The monoisotopic (exact) mass is 366 g/mol. The normalized spacial score (nSPS) is 11.7. The van der Waals surface area contributed by atoms with Crippen LogP contribution in [0.4, 0.5) is 10.1 Å². The maximum absolute atomic E-state index is 13.8. The first-order chi connectivity index (χ1) is 12.9. The molecule has 0 radical (unpaired) electrons. The molecule has 0 aliphatic heterocycles. The average molecular weight is 366 g/mol. The maximum atomic E-state index is 13.8. The number of carbonyl (C=O) groups is 2. The largest absolute Gasteiger partial charge is 0.341 e. The van der Waals surface area contributed by atoms with Crippen LogP contribution in [-0.2, 0) is 9.59 Å². The lowest BCUT2D eigenvalue weighted by atomic mass is 10.1. The predicted octanol–water partition coefficient (Wildman–Crippen LogP) is 3.14. The van der Waals surface area contributed by atoms with Crippen LogP contribution in [0, 0.1) is 12.7 Å². The molecule has 0 aliphatic rings. The van der Waals surface area contributed by atoms with Crippen molar-refractivity contribution < 1.29 is 14.0 Å². The zero-order chi connectivity index (χ0) is 19.4. The number of hydrogen-bond acceptors (Lipinski definition) is 3. The summed E-state index contributed by atoms with van der Waals surface area (Å²) in [5.41, 5.74) is 2.46. The molecule has 1 aromatic heterocycles. The molecule has 0 aliphatic carbocycles. The number of aryl methyl sites for hydroxylation is 1. The Kier molecular flexibility index (Phi) is 5.30. The van der Waals surface area contributed by atoms with Crippen molar-refractivity contribution in [2.45, 2.75) is 19.9 Å². The highest BCUT2D eigenvalue weighted by Gasteiger charge is 2.18. The topological polar surface area (TPSA) is 76.0 Å². The molecule has 2 aromatic carbocycles. The number of anilines is 1. The molecule has 138 valence electrons. The predicted molar refractivity (Wildman–Crippen MR) is 99.9 cm³/mol. The Bertz CT molecular complexity index is 953. The highest BCUT2D eigenvalue weighted by Crippen LogP contribution is 2.17. The van der Waals surface area contributed by atoms with Gasteiger partial charge in [-0.1, -0.05) is 18.2 Å². The minimum Gasteiger partial charge on any atom is -0.341 e. The second kappa shape index (κ2) is 7.82. The average Bonchev–Trinajstić information content (AvgIpc) is 3.18. The minimum absolute atomic E-state index is 0.0295. The van der Waals surface area contributed by atoms with E-state index in [1.165, 1.54) is 12.1 Å². The fourth-order valence-electron chi connectivity index (χ4n) is 2.59. The molecule has 3 aromatic rings. The van der Waals surface area contributed by atoms with Crippen molar-refractivity contribution in [2.24, 2.45) is 0 Å². The Hall–Kier alpha value is -3.48. The molecule has 1 atom stereocenters. The van der Waals surface area contributed by atoms with Crippen molar-refractivity contribution in [2.75, 3.05) is 5.32 Å². The molecule has 6 nitrogen and oxygen atoms in total. The van der Waals surface area contributed by atoms with Crippen LogP contribution in [0.1, 0.15) is 24.1 Å². The fraction of sp³-hybridized carbons (Fsp3) is 0.150. The van der Waals surface area contributed by atoms with Gasteiger partial charge in [-0.2, -0.15) is 0 Å². The van der Waals surface area contributed by atoms with Gasteiger partial charge >= 0.3 is 11.8 Å². The smallest absolute Gasteiger partial charge is 0.313 e. The molecule has 7 heteroatoms. The number of rotatable bonds is 4. The molecule has 0 saturated carbocycles. The third kappa shape index (κ3) is 4.38. The Morgan fingerprint density at radius 2 is 1.85 bits per heavy atom. The van der Waals surface area contributed by atoms with E-state index >= 15 is 0 Å². The van der Waals surface area contributed by atoms with Crippen molar-refractivity contribution in [3.63, 3.8) is 0 Å². The third-order valence-electron chi connectivity index (χ3n) is 4.12. The first-order valence-corrected chi connectivity index (χ1v) is 8.40. The van der Waals surface area contributed by atoms with Gasteiger partial charge in [-0.3, -0.25) is 9.59 Å². The number of nitrogens with zero attached hydrogens (tertiary/aromatic N) is 2. The van der Waals surface area contributed by atoms with Crippen LogP contribution in [0.2, 0.25) is 0 Å². The zero-order valence-corrected chi connectivity index (χ0v) is 14.9. The van der Waals surface area contributed by atoms with Crippen molar-refractivity contribution >= 4 is 17.5 Å². The molecule has 0 fully saturated rings. The molecule has 0 saturated heterocycles. The number of hydrogen-bond donors (Lipinski definition) is 2. The van der Waals surface area contributed by atoms with E-state index in [1.54, 1.807) is 32.4 Å². The number of amides is 2. The van der Waals surface area contributed by atoms with Crippen LogP contribution in [0.5, 0.6) is 0 Å². The van der Waals surface area contributed by atoms with Crippen LogP contribution in [0.25, 0.3) is 5.69 Å². The van der Waals surface area contributed by atoms with E-state index in [4.69, 9.17) is 0 Å². The van der Waals surface area contributed by atoms with Crippen LogP contribution < -0.4 is 10.6 Å². The van der Waals surface area contributed by atoms with Crippen LogP contribution >= 0.6 is 0 Å². The van der Waals surface area contributed by atoms with Gasteiger partial charge in [0.1, 0.15) is 5.82 Å². The summed E-state index contributed by atoms with van der Waals surface area (Å²) in [5, 5.41) is 4.89. The van der Waals surface area contributed by atoms with Crippen molar-refractivity contribution in [3.05, 3.63) is 78.1 Å². The molecule has 2 amide bonds. The van der Waals surface area contributed by atoms with E-state index in [2.05, 4.69) is 15.6 Å². The number of halogens is 1. The van der Waals surface area contributed by atoms with Gasteiger partial charge in [-0.05, 0) is 49.2 Å². The molecular weight excluding hydrogens is 347 g/mol. The number of benzene rings is 2. The van der Waals surface area contributed by atoms with Gasteiger partial charge in [0.2, 0.25) is 0 Å². The summed E-state index contributed by atoms with van der Waals surface area (Å²) in [6, 6.07) is 11.5. The van der Waals surface area contributed by atoms with E-state index in [9.17, 15) is 14.0 Å². The van der Waals surface area contributed by atoms with E-state index in [-0.39, 0.29) is 11.7 Å². The molecule has 2 N–H and O–H groups in total. The second-order valence-corrected chi connectivity index (χ2v) is 6.19. The van der Waals surface area contributed by atoms with Crippen LogP contribution in [0.3, 0.4) is 0 Å². The first-order valence-electron chi connectivity index (χ1n) is 8.40. The fourth-order valence-corrected chi connectivity index (χ4v) is 2.59. The van der Waals surface area contributed by atoms with E-state index in [1.807, 2.05) is 35.0 Å². The summed E-state index contributed by atoms with van der Waals surface area (Å²) < 4.78 is 15.7. The molecular formula is C20H19FN4O2. The van der Waals surface area contributed by atoms with Gasteiger partial charge in [0.25, 0.3) is 0 Å². The van der Waals surface area contributed by atoms with Crippen molar-refractivity contribution in [1.82, 2.24) is 14.9 Å². The van der Waals surface area contributed by atoms with E-state index in [0.29, 0.717) is 0 Å². The van der Waals surface area contributed by atoms with Gasteiger partial charge < -0.3 is 15.2 Å². The molecule has 3 rings (SSSR count). The van der Waals surface area contributed by atoms with Crippen molar-refractivity contribution in [3.8, 4) is 5.69 Å². The second-order valence-electron chi connectivity index (χ2n) is 6.19. The molecule has 0 bridgehead atoms. The van der Waals surface area contributed by atoms with Crippen LogP contribution in [0.15, 0.2) is 61.2 Å². The minimum atomic E-state index is -0.917. The van der Waals surface area contributed by atoms with Gasteiger partial charge in [-0.25, -0.2) is 9.37 Å². The van der Waals surface area contributed by atoms with Crippen molar-refractivity contribution in [1.29, 1.82) is 0 Å². The van der Waals surface area contributed by atoms with E-state index < -0.39 is 17.6 Å². The Morgan fingerprint density at radius 1 is 1.11 bits per heavy atom. The first kappa shape index (κ1) is 18.3. The maximum Gasteiger partial charge on any atom is 0.313 e. The zero-order valence-electron chi connectivity index (χ0n) is 14.9. The van der Waals surface area contributed by atoms with Gasteiger partial charge in [0.15, 0.2) is 0 Å². The standard InChI is InChI=1S/C20H19FN4O2/c1-13-3-8-18(17(21)11-13)24-20(27)19(26)23-14(2)15-4-6-16(7-5-15)25-10-9-22-12-25/h3-12,14H,1-2H3,(H,23,26)(H,24,27). The number of aromatic nitrogens is 2. The number of carbonyl (C=O) groups excluding carboxylic acids is 2. The SMILES string of the molecule is Cc1ccc(NC(=O)C(=O)NC(C)c2ccc(-n3ccnc3)cc2)c(F)c1. The molecule has 1 unspecified atom stereocenters. The quantitative estimate of drug-likeness (QED) is 0.697. The van der Waals surface area contributed by atoms with Gasteiger partial charge in [0, 0.05) is 18.1 Å². The lowest BCUT2D eigenvalue weighted by Crippen LogP contribution is -2.37. The summed E-state index contributed by atoms with van der Waals surface area (Å²) in [7, 11) is 0. The highest BCUT2D eigenvalue weighted by molar-refractivity contribution is 6.39. The van der Waals surface area contributed by atoms with Gasteiger partial charge in [0.05, 0.1) is 18.1 Å². The number of nitrogens with one attached hydrogen (secondary N) is 2. The molecule has 27 heavy (non-hydrogen) atoms. The van der Waals surface area contributed by atoms with E-state index in [0.717, 1.165) is 16.8 Å². The summed E-state index contributed by atoms with van der Waals surface area (Å²) in [6.07, 6.45) is 5.20. The Balaban J connectivity index is 1.62. The van der Waals surface area contributed by atoms with Gasteiger partial charge in [-0.15, -0.1) is 0 Å². The highest BCUT2D eigenvalue weighted by atomic mass is 19.1. The third-order valence-corrected chi connectivity index (χ3v) is 4.12. The lowest BCUT2D eigenvalue weighted by molar-refractivity contribution is -0.136. The summed E-state index contributed by atoms with van der Waals surface area (Å²) in [6.45, 7) is 3.50. The summed E-state index contributed by atoms with van der Waals surface area (Å²) >= 11 is 0. The Morgan fingerprint density at radius 3 is 2.48 bits per heavy atom. The summed E-state index contributed by atoms with van der Waals surface area (Å²) in [4.78, 5) is 28.1. The summed E-state index contributed by atoms with van der Waals surface area (Å²) in [5.74, 6) is -2.33. The Labute approximate surface area is 156 Å². The lowest BCUT2D eigenvalue weighted by Gasteiger charge is -2.15.